The number of nitrogens with one attached hydrogen (secondary N) is 1. The van der Waals surface area contributed by atoms with E-state index < -0.39 is 17.9 Å². The average Bonchev–Trinajstić information content (AvgIpc) is 2.45. The average molecular weight is 368 g/mol. The van der Waals surface area contributed by atoms with Gasteiger partial charge in [0, 0.05) is 22.7 Å². The first-order chi connectivity index (χ1) is 11.3. The first kappa shape index (κ1) is 18.2. The summed E-state index contributed by atoms with van der Waals surface area (Å²) in [5.74, 6) is -1.18. The molecule has 1 amide bonds. The number of aliphatic carboxylic acids is 1. The van der Waals surface area contributed by atoms with Crippen molar-refractivity contribution >= 4 is 35.1 Å². The number of carboxylic acids is 1. The number of carbonyl (C=O) groups excluding carboxylic acids is 1. The number of hydrogen-bond donors (Lipinski definition) is 2. The van der Waals surface area contributed by atoms with Crippen LogP contribution in [0.15, 0.2) is 24.4 Å². The Hall–Kier alpha value is -2.18. The molecular formula is C16H15Cl2N3O3. The summed E-state index contributed by atoms with van der Waals surface area (Å²) >= 11 is 11.8. The van der Waals surface area contributed by atoms with Gasteiger partial charge >= 0.3 is 5.97 Å². The van der Waals surface area contributed by atoms with Crippen molar-refractivity contribution in [3.8, 4) is 0 Å². The van der Waals surface area contributed by atoms with E-state index in [4.69, 9.17) is 23.2 Å². The lowest BCUT2D eigenvalue weighted by Crippen LogP contribution is -2.42. The van der Waals surface area contributed by atoms with E-state index in [9.17, 15) is 14.7 Å². The highest BCUT2D eigenvalue weighted by atomic mass is 35.5. The largest absolute Gasteiger partial charge is 0.480 e. The van der Waals surface area contributed by atoms with E-state index in [1.165, 1.54) is 6.20 Å². The van der Waals surface area contributed by atoms with Crippen molar-refractivity contribution in [3.05, 3.63) is 57.1 Å². The van der Waals surface area contributed by atoms with Crippen molar-refractivity contribution in [1.29, 1.82) is 0 Å². The molecule has 1 atom stereocenters. The van der Waals surface area contributed by atoms with Gasteiger partial charge in [-0.2, -0.15) is 0 Å². The monoisotopic (exact) mass is 367 g/mol. The smallest absolute Gasteiger partial charge is 0.326 e. The van der Waals surface area contributed by atoms with E-state index >= 15 is 0 Å². The Balaban J connectivity index is 2.19. The zero-order valence-electron chi connectivity index (χ0n) is 13.0. The summed E-state index contributed by atoms with van der Waals surface area (Å²) < 4.78 is 0. The summed E-state index contributed by atoms with van der Waals surface area (Å²) in [5, 5.41) is 12.6. The second-order valence-electron chi connectivity index (χ2n) is 5.26. The number of carboxylic acid groups (broad SMARTS) is 1. The van der Waals surface area contributed by atoms with Gasteiger partial charge in [0.25, 0.3) is 5.91 Å². The number of halogens is 2. The fraction of sp³-hybridized carbons (Fsp3) is 0.250. The molecule has 24 heavy (non-hydrogen) atoms. The van der Waals surface area contributed by atoms with Crippen LogP contribution in [0.2, 0.25) is 10.0 Å². The Morgan fingerprint density at radius 3 is 2.38 bits per heavy atom. The van der Waals surface area contributed by atoms with Gasteiger partial charge in [-0.05, 0) is 37.6 Å². The van der Waals surface area contributed by atoms with Gasteiger partial charge < -0.3 is 10.4 Å². The van der Waals surface area contributed by atoms with Gasteiger partial charge in [0.15, 0.2) is 0 Å². The fourth-order valence-electron chi connectivity index (χ4n) is 2.21. The van der Waals surface area contributed by atoms with Crippen molar-refractivity contribution in [3.63, 3.8) is 0 Å². The lowest BCUT2D eigenvalue weighted by atomic mass is 10.1. The van der Waals surface area contributed by atoms with Crippen LogP contribution >= 0.6 is 23.2 Å². The van der Waals surface area contributed by atoms with Crippen molar-refractivity contribution in [2.45, 2.75) is 26.3 Å². The molecule has 0 fully saturated rings. The van der Waals surface area contributed by atoms with Crippen LogP contribution in [0.3, 0.4) is 0 Å². The molecule has 2 N–H and O–H groups in total. The molecule has 1 aromatic heterocycles. The van der Waals surface area contributed by atoms with Gasteiger partial charge in [0.05, 0.1) is 11.3 Å². The summed E-state index contributed by atoms with van der Waals surface area (Å²) in [5.41, 5.74) is 1.32. The van der Waals surface area contributed by atoms with Crippen LogP contribution in [0.1, 0.15) is 27.4 Å². The van der Waals surface area contributed by atoms with E-state index in [0.717, 1.165) is 0 Å². The molecule has 0 aliphatic rings. The summed E-state index contributed by atoms with van der Waals surface area (Å²) in [6.07, 6.45) is 1.43. The third-order valence-corrected chi connectivity index (χ3v) is 3.75. The predicted octanol–water partition coefficient (Wildman–Crippen LogP) is 2.83. The van der Waals surface area contributed by atoms with Crippen LogP contribution in [0.4, 0.5) is 0 Å². The Morgan fingerprint density at radius 2 is 1.83 bits per heavy atom. The van der Waals surface area contributed by atoms with Crippen molar-refractivity contribution < 1.29 is 14.7 Å². The highest BCUT2D eigenvalue weighted by Crippen LogP contribution is 2.20. The molecule has 0 saturated heterocycles. The van der Waals surface area contributed by atoms with E-state index in [-0.39, 0.29) is 12.0 Å². The van der Waals surface area contributed by atoms with Crippen LogP contribution in [0.5, 0.6) is 0 Å². The lowest BCUT2D eigenvalue weighted by Gasteiger charge is -2.15. The highest BCUT2D eigenvalue weighted by molar-refractivity contribution is 6.34. The summed E-state index contributed by atoms with van der Waals surface area (Å²) in [4.78, 5) is 31.8. The number of aromatic nitrogens is 2. The molecule has 1 heterocycles. The molecule has 1 unspecified atom stereocenters. The van der Waals surface area contributed by atoms with Gasteiger partial charge in [-0.3, -0.25) is 4.79 Å². The zero-order valence-corrected chi connectivity index (χ0v) is 14.5. The maximum Gasteiger partial charge on any atom is 0.326 e. The van der Waals surface area contributed by atoms with E-state index in [0.29, 0.717) is 27.1 Å². The van der Waals surface area contributed by atoms with Crippen molar-refractivity contribution in [1.82, 2.24) is 15.3 Å². The number of rotatable bonds is 5. The number of amides is 1. The quantitative estimate of drug-likeness (QED) is 0.847. The molecule has 0 radical (unpaired) electrons. The van der Waals surface area contributed by atoms with Crippen LogP contribution < -0.4 is 5.32 Å². The second kappa shape index (κ2) is 7.59. The van der Waals surface area contributed by atoms with Crippen molar-refractivity contribution in [2.75, 3.05) is 0 Å². The Bertz CT molecular complexity index is 776. The summed E-state index contributed by atoms with van der Waals surface area (Å²) in [7, 11) is 0. The van der Waals surface area contributed by atoms with Gasteiger partial charge in [-0.25, -0.2) is 14.8 Å². The van der Waals surface area contributed by atoms with E-state index in [1.54, 1.807) is 32.0 Å². The van der Waals surface area contributed by atoms with E-state index in [1.807, 2.05) is 0 Å². The van der Waals surface area contributed by atoms with Crippen LogP contribution in [-0.4, -0.2) is 33.0 Å². The topological polar surface area (TPSA) is 92.2 Å². The normalized spacial score (nSPS) is 11.8. The number of hydrogen-bond acceptors (Lipinski definition) is 4. The van der Waals surface area contributed by atoms with Crippen LogP contribution in [0, 0.1) is 13.8 Å². The van der Waals surface area contributed by atoms with Gasteiger partial charge in [-0.1, -0.05) is 23.2 Å². The lowest BCUT2D eigenvalue weighted by molar-refractivity contribution is -0.139. The number of nitrogens with zero attached hydrogens (tertiary/aromatic N) is 2. The van der Waals surface area contributed by atoms with Gasteiger partial charge in [0.1, 0.15) is 11.9 Å². The Labute approximate surface area is 148 Å². The zero-order chi connectivity index (χ0) is 17.9. The fourth-order valence-corrected chi connectivity index (χ4v) is 2.78. The molecule has 8 heteroatoms. The predicted molar refractivity (Wildman–Crippen MR) is 90.6 cm³/mol. The molecule has 0 spiro atoms. The molecule has 6 nitrogen and oxygen atoms in total. The first-order valence-corrected chi connectivity index (χ1v) is 7.80. The third kappa shape index (κ3) is 4.66. The van der Waals surface area contributed by atoms with E-state index in [2.05, 4.69) is 15.3 Å². The van der Waals surface area contributed by atoms with Gasteiger partial charge in [0.2, 0.25) is 0 Å². The molecule has 0 bridgehead atoms. The maximum absolute atomic E-state index is 12.3. The molecule has 2 aromatic rings. The summed E-state index contributed by atoms with van der Waals surface area (Å²) in [6.45, 7) is 3.37. The Kier molecular flexibility index (Phi) is 5.75. The standard InChI is InChI=1S/C16H15Cl2N3O3/c1-8-13(7-19-9(2)20-8)15(22)21-14(16(23)24)5-10-3-11(17)6-12(18)4-10/h3-4,6-7,14H,5H2,1-2H3,(H,21,22)(H,23,24). The van der Waals surface area contributed by atoms with Gasteiger partial charge in [-0.15, -0.1) is 0 Å². The van der Waals surface area contributed by atoms with Crippen molar-refractivity contribution in [2.24, 2.45) is 0 Å². The maximum atomic E-state index is 12.3. The minimum absolute atomic E-state index is 0.0487. The molecule has 0 aliphatic carbocycles. The molecule has 0 aliphatic heterocycles. The van der Waals surface area contributed by atoms with Crippen LogP contribution in [0.25, 0.3) is 0 Å². The molecular weight excluding hydrogens is 353 g/mol. The first-order valence-electron chi connectivity index (χ1n) is 7.05. The molecule has 126 valence electrons. The number of aryl methyl sites for hydroxylation is 2. The van der Waals surface area contributed by atoms with Crippen LogP contribution in [-0.2, 0) is 11.2 Å². The Morgan fingerprint density at radius 1 is 1.21 bits per heavy atom. The SMILES string of the molecule is Cc1ncc(C(=O)NC(Cc2cc(Cl)cc(Cl)c2)C(=O)O)c(C)n1. The summed E-state index contributed by atoms with van der Waals surface area (Å²) in [6, 6.07) is 3.63. The minimum atomic E-state index is -1.16. The minimum Gasteiger partial charge on any atom is -0.480 e. The molecule has 2 rings (SSSR count). The number of carbonyl (C=O) groups is 2. The molecule has 1 aromatic carbocycles. The third-order valence-electron chi connectivity index (χ3n) is 3.31. The second-order valence-corrected chi connectivity index (χ2v) is 6.14. The molecule has 0 saturated carbocycles. The highest BCUT2D eigenvalue weighted by Gasteiger charge is 2.23. The number of benzene rings is 1.